The van der Waals surface area contributed by atoms with Crippen molar-refractivity contribution in [2.24, 2.45) is 5.92 Å². The van der Waals surface area contributed by atoms with E-state index in [1.165, 1.54) is 6.92 Å². The predicted molar refractivity (Wildman–Crippen MR) is 40.7 cm³/mol. The molecule has 1 amide bonds. The van der Waals surface area contributed by atoms with Gasteiger partial charge in [-0.05, 0) is 6.92 Å². The first-order valence-electron chi connectivity index (χ1n) is 3.54. The van der Waals surface area contributed by atoms with Crippen molar-refractivity contribution in [2.45, 2.75) is 26.5 Å². The SMILES string of the molecule is CC(C)C(=O)NC(C)(O)CO. The number of amides is 1. The Morgan fingerprint density at radius 3 is 2.36 bits per heavy atom. The van der Waals surface area contributed by atoms with Crippen molar-refractivity contribution in [3.63, 3.8) is 0 Å². The quantitative estimate of drug-likeness (QED) is 0.487. The molecule has 0 heterocycles. The lowest BCUT2D eigenvalue weighted by Gasteiger charge is -2.22. The summed E-state index contributed by atoms with van der Waals surface area (Å²) in [5, 5.41) is 20.0. The lowest BCUT2D eigenvalue weighted by Crippen LogP contribution is -2.50. The molecule has 0 aromatic heterocycles. The smallest absolute Gasteiger partial charge is 0.224 e. The topological polar surface area (TPSA) is 69.6 Å². The van der Waals surface area contributed by atoms with Crippen LogP contribution in [0.2, 0.25) is 0 Å². The zero-order valence-corrected chi connectivity index (χ0v) is 7.09. The molecule has 0 aromatic rings. The second-order valence-electron chi connectivity index (χ2n) is 3.08. The molecule has 0 aliphatic heterocycles. The van der Waals surface area contributed by atoms with Crippen molar-refractivity contribution < 1.29 is 15.0 Å². The van der Waals surface area contributed by atoms with Crippen molar-refractivity contribution in [2.75, 3.05) is 6.61 Å². The van der Waals surface area contributed by atoms with Crippen molar-refractivity contribution in [1.29, 1.82) is 0 Å². The molecule has 1 unspecified atom stereocenters. The third-order valence-electron chi connectivity index (χ3n) is 1.22. The Kier molecular flexibility index (Phi) is 3.48. The summed E-state index contributed by atoms with van der Waals surface area (Å²) in [5.74, 6) is -0.461. The van der Waals surface area contributed by atoms with Crippen LogP contribution in [0.3, 0.4) is 0 Å². The van der Waals surface area contributed by atoms with Gasteiger partial charge in [-0.25, -0.2) is 0 Å². The summed E-state index contributed by atoms with van der Waals surface area (Å²) in [6.45, 7) is 4.28. The number of hydrogen-bond donors (Lipinski definition) is 3. The Bertz CT molecular complexity index is 143. The Morgan fingerprint density at radius 2 is 2.09 bits per heavy atom. The first-order chi connectivity index (χ1) is 4.89. The molecule has 0 fully saturated rings. The highest BCUT2D eigenvalue weighted by molar-refractivity contribution is 5.78. The summed E-state index contributed by atoms with van der Waals surface area (Å²) in [6.07, 6.45) is 0. The van der Waals surface area contributed by atoms with Gasteiger partial charge in [0.05, 0.1) is 6.61 Å². The molecule has 66 valence electrons. The predicted octanol–water partition coefficient (Wildman–Crippen LogP) is -0.541. The summed E-state index contributed by atoms with van der Waals surface area (Å²) < 4.78 is 0. The molecular weight excluding hydrogens is 146 g/mol. The van der Waals surface area contributed by atoms with Crippen LogP contribution in [0.25, 0.3) is 0 Å². The minimum Gasteiger partial charge on any atom is -0.391 e. The van der Waals surface area contributed by atoms with Gasteiger partial charge < -0.3 is 15.5 Å². The molecule has 11 heavy (non-hydrogen) atoms. The summed E-state index contributed by atoms with van der Waals surface area (Å²) >= 11 is 0. The third kappa shape index (κ3) is 3.95. The van der Waals surface area contributed by atoms with E-state index in [1.807, 2.05) is 0 Å². The van der Waals surface area contributed by atoms with Gasteiger partial charge >= 0.3 is 0 Å². The van der Waals surface area contributed by atoms with E-state index in [-0.39, 0.29) is 11.8 Å². The maximum Gasteiger partial charge on any atom is 0.224 e. The summed E-state index contributed by atoms with van der Waals surface area (Å²) in [6, 6.07) is 0. The zero-order chi connectivity index (χ0) is 9.07. The normalized spacial score (nSPS) is 16.2. The number of aliphatic hydroxyl groups is 2. The van der Waals surface area contributed by atoms with Crippen LogP contribution in [0, 0.1) is 5.92 Å². The maximum absolute atomic E-state index is 10.9. The standard InChI is InChI=1S/C7H15NO3/c1-5(2)6(10)8-7(3,11)4-9/h5,9,11H,4H2,1-3H3,(H,8,10). The molecule has 4 heteroatoms. The number of carbonyl (C=O) groups is 1. The molecular formula is C7H15NO3. The van der Waals surface area contributed by atoms with Gasteiger partial charge in [0.25, 0.3) is 0 Å². The lowest BCUT2D eigenvalue weighted by atomic mass is 10.2. The molecule has 0 saturated heterocycles. The third-order valence-corrected chi connectivity index (χ3v) is 1.22. The van der Waals surface area contributed by atoms with Crippen LogP contribution in [0.4, 0.5) is 0 Å². The highest BCUT2D eigenvalue weighted by Crippen LogP contribution is 1.99. The number of aliphatic hydroxyl groups excluding tert-OH is 1. The van der Waals surface area contributed by atoms with Gasteiger partial charge in [-0.1, -0.05) is 13.8 Å². The van der Waals surface area contributed by atoms with E-state index in [4.69, 9.17) is 10.2 Å². The number of carbonyl (C=O) groups excluding carboxylic acids is 1. The second-order valence-corrected chi connectivity index (χ2v) is 3.08. The molecule has 0 aliphatic rings. The highest BCUT2D eigenvalue weighted by atomic mass is 16.3. The van der Waals surface area contributed by atoms with E-state index in [0.29, 0.717) is 0 Å². The van der Waals surface area contributed by atoms with Gasteiger partial charge in [0, 0.05) is 5.92 Å². The van der Waals surface area contributed by atoms with Crippen LogP contribution >= 0.6 is 0 Å². The fraction of sp³-hybridized carbons (Fsp3) is 0.857. The molecule has 0 saturated carbocycles. The van der Waals surface area contributed by atoms with Crippen molar-refractivity contribution in [1.82, 2.24) is 5.32 Å². The van der Waals surface area contributed by atoms with Crippen molar-refractivity contribution in [3.05, 3.63) is 0 Å². The Hall–Kier alpha value is -0.610. The van der Waals surface area contributed by atoms with Gasteiger partial charge in [0.2, 0.25) is 5.91 Å². The average Bonchev–Trinajstić information content (AvgIpc) is 1.87. The summed E-state index contributed by atoms with van der Waals surface area (Å²) in [5.41, 5.74) is -1.50. The van der Waals surface area contributed by atoms with Crippen LogP contribution in [0.1, 0.15) is 20.8 Å². The zero-order valence-electron chi connectivity index (χ0n) is 7.09. The van der Waals surface area contributed by atoms with E-state index >= 15 is 0 Å². The van der Waals surface area contributed by atoms with Crippen molar-refractivity contribution in [3.8, 4) is 0 Å². The molecule has 0 radical (unpaired) electrons. The van der Waals surface area contributed by atoms with Crippen LogP contribution in [0.15, 0.2) is 0 Å². The van der Waals surface area contributed by atoms with Gasteiger partial charge in [0.1, 0.15) is 0 Å². The molecule has 3 N–H and O–H groups in total. The van der Waals surface area contributed by atoms with E-state index < -0.39 is 12.3 Å². The number of rotatable bonds is 3. The minimum absolute atomic E-state index is 0.187. The molecule has 0 bridgehead atoms. The first-order valence-corrected chi connectivity index (χ1v) is 3.54. The van der Waals surface area contributed by atoms with Gasteiger partial charge in [-0.15, -0.1) is 0 Å². The molecule has 0 aliphatic carbocycles. The lowest BCUT2D eigenvalue weighted by molar-refractivity contribution is -0.133. The number of nitrogens with one attached hydrogen (secondary N) is 1. The maximum atomic E-state index is 10.9. The molecule has 0 rings (SSSR count). The minimum atomic E-state index is -1.50. The number of hydrogen-bond acceptors (Lipinski definition) is 3. The molecule has 1 atom stereocenters. The fourth-order valence-corrected chi connectivity index (χ4v) is 0.449. The Labute approximate surface area is 66.2 Å². The Morgan fingerprint density at radius 1 is 1.64 bits per heavy atom. The highest BCUT2D eigenvalue weighted by Gasteiger charge is 2.22. The Balaban J connectivity index is 3.94. The first kappa shape index (κ1) is 10.4. The van der Waals surface area contributed by atoms with Crippen molar-refractivity contribution >= 4 is 5.91 Å². The van der Waals surface area contributed by atoms with Gasteiger partial charge in [-0.3, -0.25) is 4.79 Å². The van der Waals surface area contributed by atoms with Gasteiger partial charge in [-0.2, -0.15) is 0 Å². The van der Waals surface area contributed by atoms with Gasteiger partial charge in [0.15, 0.2) is 5.72 Å². The van der Waals surface area contributed by atoms with E-state index in [0.717, 1.165) is 0 Å². The van der Waals surface area contributed by atoms with Crippen LogP contribution in [-0.2, 0) is 4.79 Å². The monoisotopic (exact) mass is 161 g/mol. The molecule has 4 nitrogen and oxygen atoms in total. The largest absolute Gasteiger partial charge is 0.391 e. The fourth-order valence-electron chi connectivity index (χ4n) is 0.449. The van der Waals surface area contributed by atoms with E-state index in [1.54, 1.807) is 13.8 Å². The van der Waals surface area contributed by atoms with Crippen LogP contribution in [-0.4, -0.2) is 28.5 Å². The van der Waals surface area contributed by atoms with E-state index in [2.05, 4.69) is 5.32 Å². The summed E-state index contributed by atoms with van der Waals surface area (Å²) in [7, 11) is 0. The van der Waals surface area contributed by atoms with Crippen LogP contribution < -0.4 is 5.32 Å². The summed E-state index contributed by atoms with van der Waals surface area (Å²) in [4.78, 5) is 10.9. The van der Waals surface area contributed by atoms with Crippen LogP contribution in [0.5, 0.6) is 0 Å². The molecule has 0 aromatic carbocycles. The molecule has 0 spiro atoms. The average molecular weight is 161 g/mol. The van der Waals surface area contributed by atoms with E-state index in [9.17, 15) is 4.79 Å². The second kappa shape index (κ2) is 3.69.